The van der Waals surface area contributed by atoms with Crippen molar-refractivity contribution in [2.24, 2.45) is 29.6 Å². The molecule has 13 amide bonds. The molecular formula is C65H110N14O12. The van der Waals surface area contributed by atoms with Crippen LogP contribution in [0, 0.1) is 29.6 Å². The van der Waals surface area contributed by atoms with E-state index >= 15 is 19.2 Å². The van der Waals surface area contributed by atoms with Crippen molar-refractivity contribution in [3.8, 4) is 0 Å². The van der Waals surface area contributed by atoms with E-state index in [-0.39, 0.29) is 62.2 Å². The molecule has 3 fully saturated rings. The minimum absolute atomic E-state index is 0.0490. The van der Waals surface area contributed by atoms with Crippen molar-refractivity contribution < 1.29 is 57.5 Å². The van der Waals surface area contributed by atoms with Gasteiger partial charge in [0.2, 0.25) is 47.3 Å². The molecule has 512 valence electrons. The van der Waals surface area contributed by atoms with Gasteiger partial charge in [-0.15, -0.1) is 0 Å². The molecule has 0 aliphatic carbocycles. The Bertz CT molecular complexity index is 2710. The first-order valence-electron chi connectivity index (χ1n) is 32.5. The van der Waals surface area contributed by atoms with Gasteiger partial charge in [0.15, 0.2) is 0 Å². The lowest BCUT2D eigenvalue weighted by atomic mass is 9.96. The monoisotopic (exact) mass is 1280 g/mol. The van der Waals surface area contributed by atoms with E-state index in [4.69, 9.17) is 4.74 Å². The Kier molecular flexibility index (Phi) is 28.4. The van der Waals surface area contributed by atoms with Crippen molar-refractivity contribution in [1.29, 1.82) is 0 Å². The number of hydrogen-bond acceptors (Lipinski definition) is 15. The number of pyridine rings is 1. The van der Waals surface area contributed by atoms with Gasteiger partial charge in [-0.05, 0) is 108 Å². The van der Waals surface area contributed by atoms with Gasteiger partial charge in [-0.3, -0.25) is 63.3 Å². The second-order valence-corrected chi connectivity index (χ2v) is 27.5. The standard InChI is InChI=1S/C65H110N14O12/c1-23-45-59(84)71(16)43(15)58(83)72(17)48(31-37(4)5)57(82)69-52(40(10)11)62(87)73(18)47(30-36(2)3)56(81)68-42(14)55(80)70-64(89)75(20)50(33-39(8)9)60(85)74(19)49(32-38(6)7)61(86)77(22)65(90)76(21)53-54(91-41(12)13)46(79(45)63(53)88)34-51-67-28-29-78(51)35-44-26-24-25-27-66-44/h24-27,36-43,45-54,67H,23,28-35H2,1-22H3,(H,68,81)(H,69,82)(H,70,80,89)/t42-,43-,45-,46-,47?,48+,49?,50-,51?,52-,53+,54-/m1/s1. The summed E-state index contributed by atoms with van der Waals surface area (Å²) in [6, 6.07) is -8.48. The van der Waals surface area contributed by atoms with Crippen molar-refractivity contribution >= 4 is 65.2 Å². The predicted octanol–water partition coefficient (Wildman–Crippen LogP) is 3.57. The Morgan fingerprint density at radius 2 is 1.07 bits per heavy atom. The van der Waals surface area contributed by atoms with Crippen LogP contribution >= 0.6 is 0 Å². The summed E-state index contributed by atoms with van der Waals surface area (Å²) in [5.41, 5.74) is 0.806. The lowest BCUT2D eigenvalue weighted by Crippen LogP contribution is -2.61. The number of carbonyl (C=O) groups is 11. The van der Waals surface area contributed by atoms with Crippen molar-refractivity contribution in [1.82, 2.24) is 70.4 Å². The average Bonchev–Trinajstić information content (AvgIpc) is 1.61. The van der Waals surface area contributed by atoms with Crippen LogP contribution in [0.1, 0.15) is 148 Å². The number of nitrogens with one attached hydrogen (secondary N) is 4. The first-order chi connectivity index (χ1) is 42.4. The molecule has 3 aliphatic heterocycles. The molecule has 0 spiro atoms. The number of nitrogens with zero attached hydrogens (tertiary/aromatic N) is 10. The second kappa shape index (κ2) is 33.7. The number of hydrogen-bond donors (Lipinski definition) is 4. The van der Waals surface area contributed by atoms with E-state index in [0.29, 0.717) is 19.6 Å². The Morgan fingerprint density at radius 1 is 0.560 bits per heavy atom. The van der Waals surface area contributed by atoms with Gasteiger partial charge in [0.05, 0.1) is 24.0 Å². The molecule has 3 saturated heterocycles. The summed E-state index contributed by atoms with van der Waals surface area (Å²) in [7, 11) is 9.75. The molecule has 0 radical (unpaired) electrons. The normalized spacial score (nSPS) is 28.1. The third-order valence-electron chi connectivity index (χ3n) is 17.8. The van der Waals surface area contributed by atoms with Crippen LogP contribution in [0.25, 0.3) is 0 Å². The molecule has 2 bridgehead atoms. The largest absolute Gasteiger partial charge is 0.371 e. The highest BCUT2D eigenvalue weighted by Crippen LogP contribution is 2.36. The summed E-state index contributed by atoms with van der Waals surface area (Å²) in [4.78, 5) is 180. The molecule has 1 aromatic heterocycles. The van der Waals surface area contributed by atoms with Gasteiger partial charge < -0.3 is 55.0 Å². The van der Waals surface area contributed by atoms with Crippen LogP contribution in [0.2, 0.25) is 0 Å². The summed E-state index contributed by atoms with van der Waals surface area (Å²) in [6.07, 6.45) is 0.359. The molecule has 26 nitrogen and oxygen atoms in total. The zero-order chi connectivity index (χ0) is 69.0. The number of imide groups is 2. The number of carbonyl (C=O) groups excluding carboxylic acids is 11. The summed E-state index contributed by atoms with van der Waals surface area (Å²) in [5, 5.41) is 11.4. The van der Waals surface area contributed by atoms with Crippen molar-refractivity contribution in [2.45, 2.75) is 228 Å². The third kappa shape index (κ3) is 19.2. The van der Waals surface area contributed by atoms with Crippen molar-refractivity contribution in [3.63, 3.8) is 0 Å². The highest BCUT2D eigenvalue weighted by molar-refractivity contribution is 6.03. The Labute approximate surface area is 540 Å². The third-order valence-corrected chi connectivity index (χ3v) is 17.8. The zero-order valence-electron chi connectivity index (χ0n) is 58.4. The number of ether oxygens (including phenoxy) is 1. The van der Waals surface area contributed by atoms with Crippen LogP contribution in [0.3, 0.4) is 0 Å². The van der Waals surface area contributed by atoms with Crippen LogP contribution in [-0.2, 0) is 54.4 Å². The van der Waals surface area contributed by atoms with Crippen LogP contribution < -0.4 is 21.3 Å². The fourth-order valence-electron chi connectivity index (χ4n) is 12.4. The van der Waals surface area contributed by atoms with Gasteiger partial charge in [0.1, 0.15) is 60.5 Å². The summed E-state index contributed by atoms with van der Waals surface area (Å²) < 4.78 is 6.76. The van der Waals surface area contributed by atoms with Crippen LogP contribution in [0.15, 0.2) is 24.4 Å². The molecule has 4 heterocycles. The zero-order valence-corrected chi connectivity index (χ0v) is 58.4. The lowest BCUT2D eigenvalue weighted by molar-refractivity contribution is -0.153. The summed E-state index contributed by atoms with van der Waals surface area (Å²) in [5.74, 6) is -7.53. The Hall–Kier alpha value is -6.80. The molecular weight excluding hydrogens is 1170 g/mol. The van der Waals surface area contributed by atoms with E-state index in [1.165, 1.54) is 87.7 Å². The van der Waals surface area contributed by atoms with E-state index in [9.17, 15) is 33.6 Å². The fourth-order valence-corrected chi connectivity index (χ4v) is 12.4. The molecule has 0 saturated carbocycles. The minimum Gasteiger partial charge on any atom is -0.371 e. The van der Waals surface area contributed by atoms with Crippen molar-refractivity contribution in [2.75, 3.05) is 62.4 Å². The molecule has 3 unspecified atom stereocenters. The lowest BCUT2D eigenvalue weighted by Gasteiger charge is -2.39. The highest BCUT2D eigenvalue weighted by Gasteiger charge is 2.57. The molecule has 3 aliphatic rings. The van der Waals surface area contributed by atoms with Crippen molar-refractivity contribution in [3.05, 3.63) is 30.1 Å². The predicted molar refractivity (Wildman–Crippen MR) is 345 cm³/mol. The summed E-state index contributed by atoms with van der Waals surface area (Å²) in [6.45, 7) is 28.2. The highest BCUT2D eigenvalue weighted by atomic mass is 16.5. The van der Waals surface area contributed by atoms with Gasteiger partial charge in [0.25, 0.3) is 5.91 Å². The summed E-state index contributed by atoms with van der Waals surface area (Å²) >= 11 is 0. The minimum atomic E-state index is -1.43. The van der Waals surface area contributed by atoms with E-state index in [1.54, 1.807) is 40.8 Å². The topological polar surface area (TPSA) is 287 Å². The van der Waals surface area contributed by atoms with Gasteiger partial charge in [0, 0.05) is 75.2 Å². The number of urea groups is 2. The number of fused-ring (bicyclic) bond motifs is 2. The van der Waals surface area contributed by atoms with E-state index < -0.39 is 150 Å². The van der Waals surface area contributed by atoms with Crippen LogP contribution in [0.5, 0.6) is 0 Å². The molecule has 4 rings (SSSR count). The number of amides is 13. The number of likely N-dealkylation sites (N-methyl/N-ethyl adjacent to an activating group) is 7. The van der Waals surface area contributed by atoms with Crippen LogP contribution in [-0.4, -0.2) is 256 Å². The second-order valence-electron chi connectivity index (χ2n) is 27.5. The maximum atomic E-state index is 15.8. The Balaban J connectivity index is 1.97. The molecule has 12 atom stereocenters. The number of rotatable bonds is 16. The van der Waals surface area contributed by atoms with E-state index in [1.807, 2.05) is 73.6 Å². The smallest absolute Gasteiger partial charge is 0.327 e. The maximum Gasteiger partial charge on any atom is 0.327 e. The number of aromatic nitrogens is 1. The van der Waals surface area contributed by atoms with E-state index in [0.717, 1.165) is 20.4 Å². The molecule has 0 aromatic carbocycles. The van der Waals surface area contributed by atoms with E-state index in [2.05, 4.69) is 31.2 Å². The first kappa shape index (κ1) is 76.7. The molecule has 91 heavy (non-hydrogen) atoms. The Morgan fingerprint density at radius 3 is 1.57 bits per heavy atom. The average molecular weight is 1280 g/mol. The quantitative estimate of drug-likeness (QED) is 0.184. The van der Waals surface area contributed by atoms with Gasteiger partial charge in [-0.1, -0.05) is 82.2 Å². The van der Waals surface area contributed by atoms with Gasteiger partial charge in [-0.25, -0.2) is 9.59 Å². The fraction of sp³-hybridized carbons (Fsp3) is 0.754. The SMILES string of the molecule is CC[C@@H]1C(=O)N(C)[C@H](C)C(=O)N(C)[C@@H](CC(C)C)C(=O)N[C@H](C(C)C)C(=O)N(C)C(CC(C)C)C(=O)N[C@H](C)C(=O)NC(=O)N(C)[C@H](CC(C)C)C(=O)N(C)C(CC(C)C)C(=O)N(C)C(=O)N(C)[C@@H]2C(=O)N1[C@H](CC1NCCN1Cc1ccccn1)[C@H]2OC(C)C. The van der Waals surface area contributed by atoms with Crippen LogP contribution in [0.4, 0.5) is 9.59 Å². The molecule has 4 N–H and O–H groups in total. The van der Waals surface area contributed by atoms with Gasteiger partial charge >= 0.3 is 12.1 Å². The molecule has 1 aromatic rings. The first-order valence-corrected chi connectivity index (χ1v) is 32.5. The van der Waals surface area contributed by atoms with Gasteiger partial charge in [-0.2, -0.15) is 0 Å². The molecule has 26 heteroatoms. The maximum absolute atomic E-state index is 15.8.